The third-order valence-corrected chi connectivity index (χ3v) is 1.36. The van der Waals surface area contributed by atoms with Gasteiger partial charge in [0, 0.05) is 11.6 Å². The van der Waals surface area contributed by atoms with Crippen LogP contribution in [0.5, 0.6) is 0 Å². The fourth-order valence-electron chi connectivity index (χ4n) is 0.839. The van der Waals surface area contributed by atoms with Gasteiger partial charge in [-0.1, -0.05) is 5.92 Å². The molecule has 1 rings (SSSR count). The Labute approximate surface area is 68.0 Å². The van der Waals surface area contributed by atoms with Gasteiger partial charge >= 0.3 is 0 Å². The van der Waals surface area contributed by atoms with E-state index in [0.717, 1.165) is 6.07 Å². The molecule has 0 saturated heterocycles. The Kier molecular flexibility index (Phi) is 2.20. The predicted octanol–water partition coefficient (Wildman–Crippen LogP) is 1.76. The topological polar surface area (TPSA) is 17.1 Å². The van der Waals surface area contributed by atoms with Gasteiger partial charge in [0.1, 0.15) is 11.6 Å². The molecule has 1 nitrogen and oxygen atoms in total. The summed E-state index contributed by atoms with van der Waals surface area (Å²) in [5, 5.41) is 0. The number of hydrogen-bond acceptors (Lipinski definition) is 1. The summed E-state index contributed by atoms with van der Waals surface area (Å²) in [5.74, 6) is 0.268. The number of benzene rings is 1. The summed E-state index contributed by atoms with van der Waals surface area (Å²) >= 11 is 0. The minimum Gasteiger partial charge on any atom is -0.298 e. The fourth-order valence-corrected chi connectivity index (χ4v) is 0.839. The lowest BCUT2D eigenvalue weighted by Crippen LogP contribution is -1.94. The molecule has 0 aliphatic carbocycles. The van der Waals surface area contributed by atoms with Crippen molar-refractivity contribution in [3.05, 3.63) is 34.9 Å². The Balaban J connectivity index is 3.46. The summed E-state index contributed by atoms with van der Waals surface area (Å²) in [7, 11) is 0. The van der Waals surface area contributed by atoms with Crippen LogP contribution in [0, 0.1) is 24.0 Å². The second kappa shape index (κ2) is 3.14. The Morgan fingerprint density at radius 1 is 1.42 bits per heavy atom. The molecule has 0 atom stereocenters. The van der Waals surface area contributed by atoms with Gasteiger partial charge in [-0.15, -0.1) is 6.42 Å². The van der Waals surface area contributed by atoms with Crippen LogP contribution in [0.1, 0.15) is 15.9 Å². The number of aldehydes is 1. The van der Waals surface area contributed by atoms with E-state index in [4.69, 9.17) is 6.42 Å². The average Bonchev–Trinajstić information content (AvgIpc) is 2.03. The Morgan fingerprint density at radius 2 is 2.08 bits per heavy atom. The molecule has 0 N–H and O–H groups in total. The lowest BCUT2D eigenvalue weighted by molar-refractivity contribution is 0.112. The van der Waals surface area contributed by atoms with Crippen molar-refractivity contribution in [1.29, 1.82) is 0 Å². The molecule has 0 amide bonds. The zero-order valence-electron chi connectivity index (χ0n) is 5.97. The standard InChI is InChI=1S/C9H4F2O/c1-2-8-6(5-12)3-7(10)4-9(8)11/h1,3-5H. The zero-order chi connectivity index (χ0) is 9.14. The molecule has 0 aromatic heterocycles. The molecule has 0 aliphatic rings. The highest BCUT2D eigenvalue weighted by Gasteiger charge is 2.07. The normalized spacial score (nSPS) is 9.08. The van der Waals surface area contributed by atoms with E-state index in [2.05, 4.69) is 0 Å². The van der Waals surface area contributed by atoms with Crippen LogP contribution in [0.4, 0.5) is 8.78 Å². The van der Waals surface area contributed by atoms with Crippen molar-refractivity contribution in [2.45, 2.75) is 0 Å². The molecule has 12 heavy (non-hydrogen) atoms. The summed E-state index contributed by atoms with van der Waals surface area (Å²) < 4.78 is 25.2. The molecule has 0 bridgehead atoms. The molecule has 0 saturated carbocycles. The molecule has 0 spiro atoms. The molecule has 0 radical (unpaired) electrons. The van der Waals surface area contributed by atoms with Crippen molar-refractivity contribution < 1.29 is 13.6 Å². The van der Waals surface area contributed by atoms with Crippen LogP contribution in [-0.2, 0) is 0 Å². The summed E-state index contributed by atoms with van der Waals surface area (Å²) in [6.45, 7) is 0. The van der Waals surface area contributed by atoms with E-state index in [0.29, 0.717) is 12.4 Å². The molecule has 0 fully saturated rings. The van der Waals surface area contributed by atoms with Crippen LogP contribution < -0.4 is 0 Å². The number of halogens is 2. The van der Waals surface area contributed by atoms with Crippen LogP contribution >= 0.6 is 0 Å². The highest BCUT2D eigenvalue weighted by molar-refractivity contribution is 5.79. The van der Waals surface area contributed by atoms with E-state index in [-0.39, 0.29) is 11.1 Å². The minimum absolute atomic E-state index is 0.144. The van der Waals surface area contributed by atoms with Crippen molar-refractivity contribution in [2.75, 3.05) is 0 Å². The predicted molar refractivity (Wildman–Crippen MR) is 39.7 cm³/mol. The second-order valence-electron chi connectivity index (χ2n) is 2.11. The van der Waals surface area contributed by atoms with Crippen LogP contribution in [0.2, 0.25) is 0 Å². The van der Waals surface area contributed by atoms with Gasteiger partial charge in [-0.05, 0) is 6.07 Å². The highest BCUT2D eigenvalue weighted by atomic mass is 19.1. The minimum atomic E-state index is -0.889. The smallest absolute Gasteiger partial charge is 0.151 e. The van der Waals surface area contributed by atoms with E-state index in [1.54, 1.807) is 0 Å². The lowest BCUT2D eigenvalue weighted by Gasteiger charge is -1.98. The third-order valence-electron chi connectivity index (χ3n) is 1.36. The van der Waals surface area contributed by atoms with E-state index < -0.39 is 11.6 Å². The van der Waals surface area contributed by atoms with Gasteiger partial charge in [0.15, 0.2) is 6.29 Å². The molecular formula is C9H4F2O. The van der Waals surface area contributed by atoms with Crippen LogP contribution in [0.25, 0.3) is 0 Å². The summed E-state index contributed by atoms with van der Waals surface area (Å²) in [6, 6.07) is 1.54. The molecule has 3 heteroatoms. The summed E-state index contributed by atoms with van der Waals surface area (Å²) in [6.07, 6.45) is 5.23. The maximum absolute atomic E-state index is 12.8. The van der Waals surface area contributed by atoms with Crippen molar-refractivity contribution in [3.63, 3.8) is 0 Å². The van der Waals surface area contributed by atoms with Gasteiger partial charge in [-0.2, -0.15) is 0 Å². The van der Waals surface area contributed by atoms with E-state index in [1.807, 2.05) is 5.92 Å². The fraction of sp³-hybridized carbons (Fsp3) is 0. The quantitative estimate of drug-likeness (QED) is 0.459. The van der Waals surface area contributed by atoms with E-state index in [1.165, 1.54) is 0 Å². The third kappa shape index (κ3) is 1.32. The Hall–Kier alpha value is -1.69. The van der Waals surface area contributed by atoms with Gasteiger partial charge in [0.25, 0.3) is 0 Å². The van der Waals surface area contributed by atoms with Crippen LogP contribution in [0.15, 0.2) is 12.1 Å². The molecule has 0 aliphatic heterocycles. The number of hydrogen-bond donors (Lipinski definition) is 0. The molecule has 0 unspecified atom stereocenters. The molecular weight excluding hydrogens is 162 g/mol. The second-order valence-corrected chi connectivity index (χ2v) is 2.11. The molecule has 0 heterocycles. The Bertz CT molecular complexity index is 364. The maximum Gasteiger partial charge on any atom is 0.151 e. The van der Waals surface area contributed by atoms with Crippen molar-refractivity contribution >= 4 is 6.29 Å². The molecule has 1 aromatic rings. The van der Waals surface area contributed by atoms with E-state index in [9.17, 15) is 13.6 Å². The van der Waals surface area contributed by atoms with Gasteiger partial charge in [-0.25, -0.2) is 8.78 Å². The lowest BCUT2D eigenvalue weighted by atomic mass is 10.1. The van der Waals surface area contributed by atoms with Crippen molar-refractivity contribution in [3.8, 4) is 12.3 Å². The first-order chi connectivity index (χ1) is 5.69. The Morgan fingerprint density at radius 3 is 2.58 bits per heavy atom. The van der Waals surface area contributed by atoms with Crippen LogP contribution in [-0.4, -0.2) is 6.29 Å². The zero-order valence-corrected chi connectivity index (χ0v) is 5.97. The number of carbonyl (C=O) groups is 1. The maximum atomic E-state index is 12.8. The van der Waals surface area contributed by atoms with Crippen molar-refractivity contribution in [1.82, 2.24) is 0 Å². The first-order valence-electron chi connectivity index (χ1n) is 3.10. The van der Waals surface area contributed by atoms with Crippen LogP contribution in [0.3, 0.4) is 0 Å². The van der Waals surface area contributed by atoms with E-state index >= 15 is 0 Å². The van der Waals surface area contributed by atoms with Gasteiger partial charge in [-0.3, -0.25) is 4.79 Å². The summed E-state index contributed by atoms with van der Waals surface area (Å²) in [4.78, 5) is 10.3. The largest absolute Gasteiger partial charge is 0.298 e. The van der Waals surface area contributed by atoms with Gasteiger partial charge in [0.2, 0.25) is 0 Å². The number of carbonyl (C=O) groups excluding carboxylic acids is 1. The monoisotopic (exact) mass is 166 g/mol. The SMILES string of the molecule is C#Cc1c(F)cc(F)cc1C=O. The average molecular weight is 166 g/mol. The van der Waals surface area contributed by atoms with Crippen molar-refractivity contribution in [2.24, 2.45) is 0 Å². The van der Waals surface area contributed by atoms with Gasteiger partial charge in [0.05, 0.1) is 5.56 Å². The highest BCUT2D eigenvalue weighted by Crippen LogP contribution is 2.12. The summed E-state index contributed by atoms with van der Waals surface area (Å²) in [5.41, 5.74) is -0.346. The van der Waals surface area contributed by atoms with Gasteiger partial charge < -0.3 is 0 Å². The number of terminal acetylenes is 1. The molecule has 60 valence electrons. The first kappa shape index (κ1) is 8.41. The first-order valence-corrected chi connectivity index (χ1v) is 3.10. The number of rotatable bonds is 1. The molecule has 1 aromatic carbocycles.